The highest BCUT2D eigenvalue weighted by atomic mass is 35.5. The summed E-state index contributed by atoms with van der Waals surface area (Å²) in [5.74, 6) is -2.78. The third-order valence-corrected chi connectivity index (χ3v) is 3.70. The second-order valence-corrected chi connectivity index (χ2v) is 7.11. The molecule has 5 nitrogen and oxygen atoms in total. The van der Waals surface area contributed by atoms with Gasteiger partial charge in [-0.2, -0.15) is 19.6 Å². The summed E-state index contributed by atoms with van der Waals surface area (Å²) in [6.45, 7) is 6.42. The van der Waals surface area contributed by atoms with Gasteiger partial charge in [-0.15, -0.1) is 0 Å². The maximum absolute atomic E-state index is 14.3. The van der Waals surface area contributed by atoms with Gasteiger partial charge in [0.05, 0.1) is 11.1 Å². The molecule has 2 heterocycles. The molecule has 0 bridgehead atoms. The number of halogens is 4. The van der Waals surface area contributed by atoms with E-state index in [9.17, 15) is 13.2 Å². The Hall–Kier alpha value is -2.35. The van der Waals surface area contributed by atoms with Gasteiger partial charge in [-0.3, -0.25) is 0 Å². The minimum absolute atomic E-state index is 0.0427. The van der Waals surface area contributed by atoms with Crippen LogP contribution in [0.15, 0.2) is 18.5 Å². The van der Waals surface area contributed by atoms with Crippen molar-refractivity contribution in [3.63, 3.8) is 0 Å². The molecule has 0 unspecified atom stereocenters. The Labute approximate surface area is 146 Å². The fraction of sp³-hybridized carbons (Fsp3) is 0.312. The minimum Gasteiger partial charge on any atom is -0.369 e. The molecule has 0 aliphatic carbocycles. The van der Waals surface area contributed by atoms with Gasteiger partial charge in [0.15, 0.2) is 0 Å². The van der Waals surface area contributed by atoms with E-state index < -0.39 is 23.0 Å². The van der Waals surface area contributed by atoms with Crippen LogP contribution in [-0.4, -0.2) is 26.1 Å². The third-order valence-electron chi connectivity index (χ3n) is 3.43. The van der Waals surface area contributed by atoms with Crippen LogP contribution < -0.4 is 5.32 Å². The predicted octanol–water partition coefficient (Wildman–Crippen LogP) is 4.32. The molecule has 9 heteroatoms. The molecular formula is C16H15ClF3N5. The number of aromatic nitrogens is 4. The largest absolute Gasteiger partial charge is 0.369 e. The van der Waals surface area contributed by atoms with E-state index in [1.807, 2.05) is 20.8 Å². The zero-order chi connectivity index (χ0) is 18.4. The highest BCUT2D eigenvalue weighted by Crippen LogP contribution is 2.37. The lowest BCUT2D eigenvalue weighted by Crippen LogP contribution is -2.21. The molecule has 0 aliphatic heterocycles. The van der Waals surface area contributed by atoms with Gasteiger partial charge >= 0.3 is 0 Å². The number of nitrogens with zero attached hydrogens (tertiary/aromatic N) is 4. The quantitative estimate of drug-likeness (QED) is 0.698. The van der Waals surface area contributed by atoms with Crippen LogP contribution in [0.4, 0.5) is 19.0 Å². The van der Waals surface area contributed by atoms with Gasteiger partial charge in [0, 0.05) is 18.7 Å². The number of fused-ring (bicyclic) bond motifs is 1. The lowest BCUT2D eigenvalue weighted by atomic mass is 9.97. The highest BCUT2D eigenvalue weighted by Gasteiger charge is 2.25. The van der Waals surface area contributed by atoms with Gasteiger partial charge in [-0.25, -0.2) is 13.2 Å². The maximum atomic E-state index is 14.3. The van der Waals surface area contributed by atoms with Gasteiger partial charge in [0.25, 0.3) is 5.78 Å². The Morgan fingerprint density at radius 3 is 2.36 bits per heavy atom. The van der Waals surface area contributed by atoms with Gasteiger partial charge in [-0.05, 0) is 5.41 Å². The number of hydrogen-bond donors (Lipinski definition) is 1. The summed E-state index contributed by atoms with van der Waals surface area (Å²) >= 11 is 6.17. The Morgan fingerprint density at radius 1 is 1.12 bits per heavy atom. The standard InChI is InChI=1S/C16H15ClF3N5/c1-16(2,3)6-21-14-12(11-9(19)4-8(18)5-10(11)20)13(17)24-15-22-7-23-25(14)15/h4-5,7,21H,6H2,1-3H3. The summed E-state index contributed by atoms with van der Waals surface area (Å²) in [5.41, 5.74) is -0.661. The van der Waals surface area contributed by atoms with Crippen LogP contribution in [0, 0.1) is 22.9 Å². The van der Waals surface area contributed by atoms with Crippen LogP contribution >= 0.6 is 11.6 Å². The second kappa shape index (κ2) is 6.18. The molecule has 0 aliphatic rings. The smallest absolute Gasteiger partial charge is 0.255 e. The van der Waals surface area contributed by atoms with Crippen molar-refractivity contribution in [2.24, 2.45) is 5.41 Å². The van der Waals surface area contributed by atoms with Crippen LogP contribution in [0.3, 0.4) is 0 Å². The summed E-state index contributed by atoms with van der Waals surface area (Å²) in [5, 5.41) is 6.96. The van der Waals surface area contributed by atoms with Crippen LogP contribution in [0.5, 0.6) is 0 Å². The maximum Gasteiger partial charge on any atom is 0.255 e. The number of nitrogens with one attached hydrogen (secondary N) is 1. The van der Waals surface area contributed by atoms with Crippen LogP contribution in [0.2, 0.25) is 5.15 Å². The molecule has 3 rings (SSSR count). The highest BCUT2D eigenvalue weighted by molar-refractivity contribution is 6.33. The van der Waals surface area contributed by atoms with E-state index in [1.165, 1.54) is 10.8 Å². The van der Waals surface area contributed by atoms with Crippen molar-refractivity contribution in [2.45, 2.75) is 20.8 Å². The van der Waals surface area contributed by atoms with Crippen molar-refractivity contribution in [2.75, 3.05) is 11.9 Å². The molecule has 0 saturated heterocycles. The Bertz CT molecular complexity index is 926. The molecule has 3 aromatic rings. The van der Waals surface area contributed by atoms with E-state index in [0.717, 1.165) is 0 Å². The summed E-state index contributed by atoms with van der Waals surface area (Å²) in [6, 6.07) is 1.18. The zero-order valence-corrected chi connectivity index (χ0v) is 14.5. The van der Waals surface area contributed by atoms with Gasteiger partial charge in [0.2, 0.25) is 0 Å². The lowest BCUT2D eigenvalue weighted by Gasteiger charge is -2.22. The van der Waals surface area contributed by atoms with E-state index >= 15 is 0 Å². The average molecular weight is 370 g/mol. The SMILES string of the molecule is CC(C)(C)CNc1c(-c2c(F)cc(F)cc2F)c(Cl)nc2ncnn12. The predicted molar refractivity (Wildman–Crippen MR) is 89.0 cm³/mol. The molecule has 0 saturated carbocycles. The number of anilines is 1. The zero-order valence-electron chi connectivity index (χ0n) is 13.7. The topological polar surface area (TPSA) is 55.1 Å². The fourth-order valence-corrected chi connectivity index (χ4v) is 2.59. The van der Waals surface area contributed by atoms with Crippen molar-refractivity contribution in [3.05, 3.63) is 41.1 Å². The lowest BCUT2D eigenvalue weighted by molar-refractivity contribution is 0.442. The van der Waals surface area contributed by atoms with E-state index in [4.69, 9.17) is 11.6 Å². The fourth-order valence-electron chi connectivity index (χ4n) is 2.33. The van der Waals surface area contributed by atoms with Crippen molar-refractivity contribution in [1.29, 1.82) is 0 Å². The molecule has 2 aromatic heterocycles. The summed E-state index contributed by atoms with van der Waals surface area (Å²) < 4.78 is 43.2. The molecular weight excluding hydrogens is 355 g/mol. The Kier molecular flexibility index (Phi) is 4.32. The average Bonchev–Trinajstić information content (AvgIpc) is 2.92. The van der Waals surface area contributed by atoms with Crippen LogP contribution in [0.25, 0.3) is 16.9 Å². The van der Waals surface area contributed by atoms with Gasteiger partial charge in [0.1, 0.15) is 34.7 Å². The molecule has 0 fully saturated rings. The normalized spacial score (nSPS) is 12.0. The molecule has 0 atom stereocenters. The molecule has 25 heavy (non-hydrogen) atoms. The minimum atomic E-state index is -1.08. The first kappa shape index (κ1) is 17.5. The van der Waals surface area contributed by atoms with Crippen molar-refractivity contribution < 1.29 is 13.2 Å². The first-order chi connectivity index (χ1) is 11.7. The number of benzene rings is 1. The van der Waals surface area contributed by atoms with Crippen molar-refractivity contribution in [3.8, 4) is 11.1 Å². The molecule has 0 amide bonds. The summed E-state index contributed by atoms with van der Waals surface area (Å²) in [4.78, 5) is 7.96. The summed E-state index contributed by atoms with van der Waals surface area (Å²) in [6.07, 6.45) is 1.25. The Morgan fingerprint density at radius 2 is 1.76 bits per heavy atom. The molecule has 0 spiro atoms. The number of hydrogen-bond acceptors (Lipinski definition) is 4. The van der Waals surface area contributed by atoms with Gasteiger partial charge < -0.3 is 5.32 Å². The van der Waals surface area contributed by atoms with Crippen LogP contribution in [-0.2, 0) is 0 Å². The second-order valence-electron chi connectivity index (χ2n) is 6.76. The first-order valence-electron chi connectivity index (χ1n) is 7.45. The number of rotatable bonds is 3. The van der Waals surface area contributed by atoms with Crippen molar-refractivity contribution >= 4 is 23.2 Å². The summed E-state index contributed by atoms with van der Waals surface area (Å²) in [7, 11) is 0. The Balaban J connectivity index is 2.29. The molecule has 0 radical (unpaired) electrons. The van der Waals surface area contributed by atoms with Crippen LogP contribution in [0.1, 0.15) is 20.8 Å². The molecule has 132 valence electrons. The molecule has 1 aromatic carbocycles. The van der Waals surface area contributed by atoms with E-state index in [1.54, 1.807) is 0 Å². The third kappa shape index (κ3) is 3.39. The van der Waals surface area contributed by atoms with E-state index in [2.05, 4.69) is 20.4 Å². The first-order valence-corrected chi connectivity index (χ1v) is 7.83. The monoisotopic (exact) mass is 369 g/mol. The van der Waals surface area contributed by atoms with Crippen molar-refractivity contribution in [1.82, 2.24) is 19.6 Å². The van der Waals surface area contributed by atoms with E-state index in [0.29, 0.717) is 18.7 Å². The molecule has 1 N–H and O–H groups in total. The van der Waals surface area contributed by atoms with E-state index in [-0.39, 0.29) is 27.7 Å². The van der Waals surface area contributed by atoms with Gasteiger partial charge in [-0.1, -0.05) is 32.4 Å².